The number of carbonyl (C=O) groups is 1. The highest BCUT2D eigenvalue weighted by molar-refractivity contribution is 6.29. The number of anilines is 1. The van der Waals surface area contributed by atoms with Crippen LogP contribution in [0.4, 0.5) is 5.82 Å². The van der Waals surface area contributed by atoms with Crippen molar-refractivity contribution in [1.29, 1.82) is 0 Å². The zero-order valence-electron chi connectivity index (χ0n) is 11.7. The Bertz CT molecular complexity index is 662. The number of likely N-dealkylation sites (N-methyl/N-ethyl adjacent to an activating group) is 1. The molecule has 1 saturated heterocycles. The monoisotopic (exact) mass is 302 g/mol. The molecule has 1 aromatic heterocycles. The second-order valence-electron chi connectivity index (χ2n) is 4.98. The van der Waals surface area contributed by atoms with E-state index in [1.807, 2.05) is 42.3 Å². The van der Waals surface area contributed by atoms with Crippen LogP contribution in [0.1, 0.15) is 0 Å². The molecule has 0 saturated carbocycles. The SMILES string of the molecule is CN1CCN(c2cc(Cl)nc(-c3ccccc3)n2)CC1=O. The summed E-state index contributed by atoms with van der Waals surface area (Å²) in [6.45, 7) is 1.74. The van der Waals surface area contributed by atoms with Gasteiger partial charge in [-0.15, -0.1) is 0 Å². The van der Waals surface area contributed by atoms with Crippen LogP contribution in [0.15, 0.2) is 36.4 Å². The summed E-state index contributed by atoms with van der Waals surface area (Å²) in [5.74, 6) is 1.34. The molecule has 6 heteroatoms. The van der Waals surface area contributed by atoms with E-state index in [1.165, 1.54) is 0 Å². The Morgan fingerprint density at radius 3 is 2.62 bits per heavy atom. The van der Waals surface area contributed by atoms with Gasteiger partial charge in [0.05, 0.1) is 6.54 Å². The molecule has 5 nitrogen and oxygen atoms in total. The Kier molecular flexibility index (Phi) is 3.75. The van der Waals surface area contributed by atoms with E-state index in [4.69, 9.17) is 11.6 Å². The zero-order chi connectivity index (χ0) is 14.8. The van der Waals surface area contributed by atoms with Crippen molar-refractivity contribution in [3.05, 3.63) is 41.6 Å². The van der Waals surface area contributed by atoms with E-state index in [-0.39, 0.29) is 5.91 Å². The number of nitrogens with zero attached hydrogens (tertiary/aromatic N) is 4. The van der Waals surface area contributed by atoms with Crippen molar-refractivity contribution in [2.45, 2.75) is 0 Å². The van der Waals surface area contributed by atoms with E-state index >= 15 is 0 Å². The fraction of sp³-hybridized carbons (Fsp3) is 0.267. The first-order valence-electron chi connectivity index (χ1n) is 6.72. The van der Waals surface area contributed by atoms with Crippen molar-refractivity contribution in [1.82, 2.24) is 14.9 Å². The Morgan fingerprint density at radius 2 is 1.90 bits per heavy atom. The summed E-state index contributed by atoms with van der Waals surface area (Å²) in [7, 11) is 1.81. The quantitative estimate of drug-likeness (QED) is 0.797. The van der Waals surface area contributed by atoms with Crippen molar-refractivity contribution >= 4 is 23.3 Å². The van der Waals surface area contributed by atoms with Crippen LogP contribution in [0.5, 0.6) is 0 Å². The largest absolute Gasteiger partial charge is 0.345 e. The zero-order valence-corrected chi connectivity index (χ0v) is 12.4. The number of piperazine rings is 1. The number of carbonyl (C=O) groups excluding carboxylic acids is 1. The standard InChI is InChI=1S/C15H15ClN4O/c1-19-7-8-20(10-14(19)21)13-9-12(16)17-15(18-13)11-5-3-2-4-6-11/h2-6,9H,7-8,10H2,1H3. The van der Waals surface area contributed by atoms with Crippen LogP contribution in [-0.2, 0) is 4.79 Å². The van der Waals surface area contributed by atoms with Crippen LogP contribution in [0.25, 0.3) is 11.4 Å². The lowest BCUT2D eigenvalue weighted by atomic mass is 10.2. The number of hydrogen-bond acceptors (Lipinski definition) is 4. The van der Waals surface area contributed by atoms with Crippen LogP contribution in [0.2, 0.25) is 5.15 Å². The maximum absolute atomic E-state index is 11.8. The van der Waals surface area contributed by atoms with Crippen molar-refractivity contribution < 1.29 is 4.79 Å². The number of amides is 1. The molecule has 2 aromatic rings. The van der Waals surface area contributed by atoms with Gasteiger partial charge in [0.25, 0.3) is 0 Å². The highest BCUT2D eigenvalue weighted by atomic mass is 35.5. The lowest BCUT2D eigenvalue weighted by Gasteiger charge is -2.32. The molecule has 108 valence electrons. The summed E-state index contributed by atoms with van der Waals surface area (Å²) in [5, 5.41) is 0.380. The van der Waals surface area contributed by atoms with Gasteiger partial charge >= 0.3 is 0 Å². The lowest BCUT2D eigenvalue weighted by molar-refractivity contribution is -0.129. The molecule has 0 spiro atoms. The van der Waals surface area contributed by atoms with E-state index in [0.717, 1.165) is 12.1 Å². The van der Waals surface area contributed by atoms with Gasteiger partial charge in [0.1, 0.15) is 11.0 Å². The van der Waals surface area contributed by atoms with Crippen LogP contribution in [0.3, 0.4) is 0 Å². The second kappa shape index (κ2) is 5.69. The van der Waals surface area contributed by atoms with Crippen LogP contribution < -0.4 is 4.90 Å². The molecule has 0 bridgehead atoms. The molecule has 2 heterocycles. The van der Waals surface area contributed by atoms with Gasteiger partial charge < -0.3 is 9.80 Å². The number of aromatic nitrogens is 2. The number of rotatable bonds is 2. The summed E-state index contributed by atoms with van der Waals surface area (Å²) in [6, 6.07) is 11.4. The Morgan fingerprint density at radius 1 is 1.14 bits per heavy atom. The van der Waals surface area contributed by atoms with Crippen LogP contribution in [-0.4, -0.2) is 47.5 Å². The van der Waals surface area contributed by atoms with Gasteiger partial charge in [0.2, 0.25) is 5.91 Å². The first kappa shape index (κ1) is 13.8. The summed E-state index contributed by atoms with van der Waals surface area (Å²) < 4.78 is 0. The van der Waals surface area contributed by atoms with Crippen molar-refractivity contribution in [2.75, 3.05) is 31.6 Å². The van der Waals surface area contributed by atoms with Gasteiger partial charge in [0, 0.05) is 31.8 Å². The highest BCUT2D eigenvalue weighted by Crippen LogP contribution is 2.23. The van der Waals surface area contributed by atoms with Gasteiger partial charge in [-0.25, -0.2) is 9.97 Å². The first-order valence-corrected chi connectivity index (χ1v) is 7.10. The molecule has 0 atom stereocenters. The molecule has 0 radical (unpaired) electrons. The average molecular weight is 303 g/mol. The molecule has 1 aliphatic rings. The third-order valence-electron chi connectivity index (χ3n) is 3.49. The van der Waals surface area contributed by atoms with Crippen molar-refractivity contribution in [3.63, 3.8) is 0 Å². The van der Waals surface area contributed by atoms with E-state index < -0.39 is 0 Å². The van der Waals surface area contributed by atoms with Crippen LogP contribution in [0, 0.1) is 0 Å². The Balaban J connectivity index is 1.93. The highest BCUT2D eigenvalue weighted by Gasteiger charge is 2.22. The predicted molar refractivity (Wildman–Crippen MR) is 82.3 cm³/mol. The Hall–Kier alpha value is -2.14. The molecular weight excluding hydrogens is 288 g/mol. The minimum absolute atomic E-state index is 0.0808. The maximum Gasteiger partial charge on any atom is 0.241 e. The lowest BCUT2D eigenvalue weighted by Crippen LogP contribution is -2.48. The Labute approximate surface area is 128 Å². The number of hydrogen-bond donors (Lipinski definition) is 0. The molecule has 0 unspecified atom stereocenters. The van der Waals surface area contributed by atoms with Gasteiger partial charge in [-0.2, -0.15) is 0 Å². The minimum Gasteiger partial charge on any atom is -0.345 e. The molecule has 1 amide bonds. The van der Waals surface area contributed by atoms with Gasteiger partial charge in [-0.3, -0.25) is 4.79 Å². The minimum atomic E-state index is 0.0808. The molecule has 0 N–H and O–H groups in total. The molecule has 0 aliphatic carbocycles. The van der Waals surface area contributed by atoms with Crippen molar-refractivity contribution in [2.24, 2.45) is 0 Å². The second-order valence-corrected chi connectivity index (χ2v) is 5.36. The topological polar surface area (TPSA) is 49.3 Å². The normalized spacial score (nSPS) is 15.4. The molecule has 3 rings (SSSR count). The first-order chi connectivity index (χ1) is 10.1. The fourth-order valence-corrected chi connectivity index (χ4v) is 2.42. The predicted octanol–water partition coefficient (Wildman–Crippen LogP) is 2.08. The van der Waals surface area contributed by atoms with E-state index in [2.05, 4.69) is 9.97 Å². The van der Waals surface area contributed by atoms with Gasteiger partial charge in [-0.1, -0.05) is 41.9 Å². The smallest absolute Gasteiger partial charge is 0.241 e. The maximum atomic E-state index is 11.8. The van der Waals surface area contributed by atoms with E-state index in [9.17, 15) is 4.79 Å². The number of halogens is 1. The van der Waals surface area contributed by atoms with E-state index in [1.54, 1.807) is 11.0 Å². The summed E-state index contributed by atoms with van der Waals surface area (Å²) >= 11 is 6.11. The third-order valence-corrected chi connectivity index (χ3v) is 3.69. The summed E-state index contributed by atoms with van der Waals surface area (Å²) in [4.78, 5) is 24.3. The molecule has 1 aliphatic heterocycles. The number of benzene rings is 1. The van der Waals surface area contributed by atoms with Crippen molar-refractivity contribution in [3.8, 4) is 11.4 Å². The summed E-state index contributed by atoms with van der Waals surface area (Å²) in [5.41, 5.74) is 0.904. The summed E-state index contributed by atoms with van der Waals surface area (Å²) in [6.07, 6.45) is 0. The molecule has 1 fully saturated rings. The molecular formula is C15H15ClN4O. The van der Waals surface area contributed by atoms with Crippen LogP contribution >= 0.6 is 11.6 Å². The average Bonchev–Trinajstić information content (AvgIpc) is 2.50. The molecule has 1 aromatic carbocycles. The molecule has 21 heavy (non-hydrogen) atoms. The van der Waals surface area contributed by atoms with E-state index in [0.29, 0.717) is 29.9 Å². The van der Waals surface area contributed by atoms with Gasteiger partial charge in [0.15, 0.2) is 5.82 Å². The third kappa shape index (κ3) is 2.97. The van der Waals surface area contributed by atoms with Gasteiger partial charge in [-0.05, 0) is 0 Å². The fourth-order valence-electron chi connectivity index (χ4n) is 2.24.